The van der Waals surface area contributed by atoms with Crippen molar-refractivity contribution in [2.45, 2.75) is 6.18 Å². The number of aromatic nitrogens is 1. The Morgan fingerprint density at radius 3 is 2.43 bits per heavy atom. The summed E-state index contributed by atoms with van der Waals surface area (Å²) in [6.07, 6.45) is -4.33. The number of hydrogen-bond donors (Lipinski definition) is 1. The van der Waals surface area contributed by atoms with E-state index in [2.05, 4.69) is 10.3 Å². The van der Waals surface area contributed by atoms with E-state index in [4.69, 9.17) is 11.6 Å². The molecule has 1 aromatic heterocycles. The maximum absolute atomic E-state index is 12.5. The first kappa shape index (κ1) is 14.2. The third-order valence-electron chi connectivity index (χ3n) is 2.81. The molecular formula is C14H8ClF3N2S. The quantitative estimate of drug-likeness (QED) is 0.651. The molecule has 0 spiro atoms. The summed E-state index contributed by atoms with van der Waals surface area (Å²) in [4.78, 5) is 4.34. The number of thiazole rings is 1. The van der Waals surface area contributed by atoms with Gasteiger partial charge in [-0.05, 0) is 42.5 Å². The van der Waals surface area contributed by atoms with E-state index >= 15 is 0 Å². The molecule has 0 bridgehead atoms. The van der Waals surface area contributed by atoms with Crippen LogP contribution < -0.4 is 5.32 Å². The molecule has 0 aliphatic carbocycles. The van der Waals surface area contributed by atoms with E-state index < -0.39 is 11.7 Å². The second kappa shape index (κ2) is 5.20. The van der Waals surface area contributed by atoms with Gasteiger partial charge in [-0.15, -0.1) is 0 Å². The second-order valence-electron chi connectivity index (χ2n) is 4.33. The molecule has 0 radical (unpaired) electrons. The van der Waals surface area contributed by atoms with Crippen molar-refractivity contribution in [3.8, 4) is 0 Å². The lowest BCUT2D eigenvalue weighted by Gasteiger charge is -2.07. The van der Waals surface area contributed by atoms with Crippen molar-refractivity contribution in [1.29, 1.82) is 0 Å². The van der Waals surface area contributed by atoms with Crippen LogP contribution in [0.25, 0.3) is 10.2 Å². The smallest absolute Gasteiger partial charge is 0.332 e. The first-order chi connectivity index (χ1) is 9.91. The summed E-state index contributed by atoms with van der Waals surface area (Å²) in [6, 6.07) is 10.2. The standard InChI is InChI=1S/C14H8ClF3N2S/c15-9-3-6-12-11(7-9)20-13(21-12)19-10-4-1-8(2-5-10)14(16,17)18/h1-7H,(H,19,20). The number of fused-ring (bicyclic) bond motifs is 1. The summed E-state index contributed by atoms with van der Waals surface area (Å²) in [5.74, 6) is 0. The third kappa shape index (κ3) is 3.11. The van der Waals surface area contributed by atoms with E-state index in [9.17, 15) is 13.2 Å². The third-order valence-corrected chi connectivity index (χ3v) is 4.00. The van der Waals surface area contributed by atoms with Gasteiger partial charge in [0.15, 0.2) is 5.13 Å². The minimum absolute atomic E-state index is 0.549. The molecule has 2 aromatic carbocycles. The van der Waals surface area contributed by atoms with Crippen LogP contribution in [0.4, 0.5) is 24.0 Å². The normalized spacial score (nSPS) is 11.8. The zero-order chi connectivity index (χ0) is 15.0. The molecule has 3 rings (SSSR count). The molecule has 7 heteroatoms. The number of rotatable bonds is 2. The molecule has 0 aliphatic heterocycles. The first-order valence-corrected chi connectivity index (χ1v) is 7.12. The van der Waals surface area contributed by atoms with Gasteiger partial charge in [-0.1, -0.05) is 22.9 Å². The number of nitrogens with zero attached hydrogens (tertiary/aromatic N) is 1. The average molecular weight is 329 g/mol. The molecule has 1 heterocycles. The maximum atomic E-state index is 12.5. The lowest BCUT2D eigenvalue weighted by Crippen LogP contribution is -2.04. The van der Waals surface area contributed by atoms with Gasteiger partial charge < -0.3 is 5.32 Å². The Hall–Kier alpha value is -1.79. The van der Waals surface area contributed by atoms with E-state index in [1.807, 2.05) is 6.07 Å². The highest BCUT2D eigenvalue weighted by Gasteiger charge is 2.29. The summed E-state index contributed by atoms with van der Waals surface area (Å²) < 4.78 is 38.4. The van der Waals surface area contributed by atoms with Crippen LogP contribution in [-0.4, -0.2) is 4.98 Å². The van der Waals surface area contributed by atoms with E-state index in [1.165, 1.54) is 23.5 Å². The predicted molar refractivity (Wildman–Crippen MR) is 79.4 cm³/mol. The zero-order valence-electron chi connectivity index (χ0n) is 10.4. The van der Waals surface area contributed by atoms with Crippen molar-refractivity contribution in [3.63, 3.8) is 0 Å². The Kier molecular flexibility index (Phi) is 3.51. The van der Waals surface area contributed by atoms with Gasteiger partial charge in [0.2, 0.25) is 0 Å². The van der Waals surface area contributed by atoms with Crippen LogP contribution in [0, 0.1) is 0 Å². The van der Waals surface area contributed by atoms with Crippen LogP contribution >= 0.6 is 22.9 Å². The minimum Gasteiger partial charge on any atom is -0.332 e. The average Bonchev–Trinajstić information content (AvgIpc) is 2.79. The van der Waals surface area contributed by atoms with Crippen molar-refractivity contribution in [3.05, 3.63) is 53.1 Å². The zero-order valence-corrected chi connectivity index (χ0v) is 12.0. The fraction of sp³-hybridized carbons (Fsp3) is 0.0714. The molecular weight excluding hydrogens is 321 g/mol. The van der Waals surface area contributed by atoms with Crippen LogP contribution in [0.3, 0.4) is 0 Å². The topological polar surface area (TPSA) is 24.9 Å². The van der Waals surface area contributed by atoms with Crippen LogP contribution in [0.5, 0.6) is 0 Å². The van der Waals surface area contributed by atoms with Crippen LogP contribution in [0.1, 0.15) is 5.56 Å². The molecule has 0 atom stereocenters. The molecule has 108 valence electrons. The summed E-state index contributed by atoms with van der Waals surface area (Å²) in [5, 5.41) is 4.18. The van der Waals surface area contributed by atoms with E-state index in [1.54, 1.807) is 12.1 Å². The van der Waals surface area contributed by atoms with Gasteiger partial charge in [-0.3, -0.25) is 0 Å². The maximum Gasteiger partial charge on any atom is 0.416 e. The number of hydrogen-bond acceptors (Lipinski definition) is 3. The monoisotopic (exact) mass is 328 g/mol. The van der Waals surface area contributed by atoms with Gasteiger partial charge in [0.05, 0.1) is 15.8 Å². The fourth-order valence-corrected chi connectivity index (χ4v) is 2.85. The summed E-state index contributed by atoms with van der Waals surface area (Å²) in [5.41, 5.74) is 0.624. The molecule has 0 unspecified atom stereocenters. The summed E-state index contributed by atoms with van der Waals surface area (Å²) in [7, 11) is 0. The van der Waals surface area contributed by atoms with Crippen LogP contribution in [0.2, 0.25) is 5.02 Å². The summed E-state index contributed by atoms with van der Waals surface area (Å²) in [6.45, 7) is 0. The molecule has 3 aromatic rings. The molecule has 21 heavy (non-hydrogen) atoms. The van der Waals surface area contributed by atoms with Gasteiger partial charge in [0, 0.05) is 10.7 Å². The highest BCUT2D eigenvalue weighted by molar-refractivity contribution is 7.22. The molecule has 2 nitrogen and oxygen atoms in total. The molecule has 0 amide bonds. The first-order valence-electron chi connectivity index (χ1n) is 5.92. The van der Waals surface area contributed by atoms with E-state index in [-0.39, 0.29) is 0 Å². The largest absolute Gasteiger partial charge is 0.416 e. The molecule has 0 saturated carbocycles. The van der Waals surface area contributed by atoms with E-state index in [0.717, 1.165) is 22.3 Å². The Morgan fingerprint density at radius 2 is 1.76 bits per heavy atom. The van der Waals surface area contributed by atoms with E-state index in [0.29, 0.717) is 15.8 Å². The van der Waals surface area contributed by atoms with Gasteiger partial charge >= 0.3 is 6.18 Å². The lowest BCUT2D eigenvalue weighted by molar-refractivity contribution is -0.137. The fourth-order valence-electron chi connectivity index (χ4n) is 1.82. The van der Waals surface area contributed by atoms with Crippen molar-refractivity contribution >= 4 is 44.0 Å². The molecule has 0 fully saturated rings. The second-order valence-corrected chi connectivity index (χ2v) is 5.80. The molecule has 0 saturated heterocycles. The molecule has 0 aliphatic rings. The highest BCUT2D eigenvalue weighted by atomic mass is 35.5. The number of halogens is 4. The number of benzene rings is 2. The molecule has 1 N–H and O–H groups in total. The Balaban J connectivity index is 1.84. The predicted octanol–water partition coefficient (Wildman–Crippen LogP) is 5.71. The lowest BCUT2D eigenvalue weighted by atomic mass is 10.2. The van der Waals surface area contributed by atoms with Crippen molar-refractivity contribution < 1.29 is 13.2 Å². The number of alkyl halides is 3. The van der Waals surface area contributed by atoms with Crippen molar-refractivity contribution in [2.75, 3.05) is 5.32 Å². The van der Waals surface area contributed by atoms with Gasteiger partial charge in [-0.25, -0.2) is 4.98 Å². The van der Waals surface area contributed by atoms with Crippen molar-refractivity contribution in [2.24, 2.45) is 0 Å². The Labute approximate surface area is 127 Å². The van der Waals surface area contributed by atoms with Crippen LogP contribution in [-0.2, 0) is 6.18 Å². The Morgan fingerprint density at radius 1 is 1.05 bits per heavy atom. The van der Waals surface area contributed by atoms with Gasteiger partial charge in [-0.2, -0.15) is 13.2 Å². The number of anilines is 2. The van der Waals surface area contributed by atoms with Gasteiger partial charge in [0.1, 0.15) is 0 Å². The minimum atomic E-state index is -4.33. The number of nitrogens with one attached hydrogen (secondary N) is 1. The Bertz CT molecular complexity index is 781. The summed E-state index contributed by atoms with van der Waals surface area (Å²) >= 11 is 7.29. The van der Waals surface area contributed by atoms with Crippen molar-refractivity contribution in [1.82, 2.24) is 4.98 Å². The SMILES string of the molecule is FC(F)(F)c1ccc(Nc2nc3cc(Cl)ccc3s2)cc1. The highest BCUT2D eigenvalue weighted by Crippen LogP contribution is 2.32. The van der Waals surface area contributed by atoms with Gasteiger partial charge in [0.25, 0.3) is 0 Å². The van der Waals surface area contributed by atoms with Crippen LogP contribution in [0.15, 0.2) is 42.5 Å².